The van der Waals surface area contributed by atoms with Crippen LogP contribution in [0.4, 0.5) is 10.1 Å². The van der Waals surface area contributed by atoms with Crippen LogP contribution in [0.1, 0.15) is 33.6 Å². The second-order valence-corrected chi connectivity index (χ2v) is 6.96. The van der Waals surface area contributed by atoms with Gasteiger partial charge in [-0.2, -0.15) is 0 Å². The predicted octanol–water partition coefficient (Wildman–Crippen LogP) is 2.89. The van der Waals surface area contributed by atoms with Gasteiger partial charge in [-0.15, -0.1) is 0 Å². The number of hydrogen-bond donors (Lipinski definition) is 1. The van der Waals surface area contributed by atoms with Crippen molar-refractivity contribution in [3.8, 4) is 5.75 Å². The first kappa shape index (κ1) is 18.2. The van der Waals surface area contributed by atoms with Crippen LogP contribution < -0.4 is 10.1 Å². The van der Waals surface area contributed by atoms with E-state index in [2.05, 4.69) is 5.32 Å². The van der Waals surface area contributed by atoms with Crippen LogP contribution in [-0.4, -0.2) is 42.2 Å². The molecular formula is C21H19FN2O4. The number of halogens is 1. The Morgan fingerprint density at radius 1 is 1.11 bits per heavy atom. The van der Waals surface area contributed by atoms with Crippen molar-refractivity contribution in [3.63, 3.8) is 0 Å². The van der Waals surface area contributed by atoms with E-state index in [9.17, 15) is 18.8 Å². The van der Waals surface area contributed by atoms with Gasteiger partial charge in [0, 0.05) is 24.6 Å². The van der Waals surface area contributed by atoms with Crippen molar-refractivity contribution in [2.45, 2.75) is 12.8 Å². The maximum absolute atomic E-state index is 13.8. The van der Waals surface area contributed by atoms with Gasteiger partial charge in [-0.05, 0) is 43.2 Å². The minimum Gasteiger partial charge on any atom is -0.482 e. The van der Waals surface area contributed by atoms with E-state index in [0.29, 0.717) is 42.9 Å². The molecule has 0 unspecified atom stereocenters. The largest absolute Gasteiger partial charge is 0.482 e. The summed E-state index contributed by atoms with van der Waals surface area (Å²) in [6.45, 7) is 0.761. The number of fused-ring (bicyclic) bond motifs is 1. The molecule has 1 fully saturated rings. The molecule has 2 aromatic rings. The van der Waals surface area contributed by atoms with Gasteiger partial charge in [-0.3, -0.25) is 14.4 Å². The van der Waals surface area contributed by atoms with Crippen LogP contribution in [-0.2, 0) is 4.79 Å². The van der Waals surface area contributed by atoms with Crippen molar-refractivity contribution in [1.82, 2.24) is 4.90 Å². The molecule has 0 saturated carbocycles. The Labute approximate surface area is 161 Å². The molecule has 0 spiro atoms. The molecule has 28 heavy (non-hydrogen) atoms. The van der Waals surface area contributed by atoms with Gasteiger partial charge in [0.1, 0.15) is 11.6 Å². The summed E-state index contributed by atoms with van der Waals surface area (Å²) in [5.41, 5.74) is 1.05. The zero-order valence-corrected chi connectivity index (χ0v) is 15.1. The molecule has 2 aromatic carbocycles. The monoisotopic (exact) mass is 382 g/mol. The second-order valence-electron chi connectivity index (χ2n) is 6.96. The minimum absolute atomic E-state index is 0.0272. The fourth-order valence-corrected chi connectivity index (χ4v) is 3.62. The molecule has 0 radical (unpaired) electrons. The molecule has 1 N–H and O–H groups in total. The topological polar surface area (TPSA) is 75.7 Å². The summed E-state index contributed by atoms with van der Waals surface area (Å²) in [5.74, 6) is -0.844. The van der Waals surface area contributed by atoms with E-state index < -0.39 is 5.82 Å². The molecule has 4 rings (SSSR count). The fraction of sp³-hybridized carbons (Fsp3) is 0.286. The summed E-state index contributed by atoms with van der Waals surface area (Å²) in [4.78, 5) is 38.4. The third-order valence-corrected chi connectivity index (χ3v) is 5.15. The van der Waals surface area contributed by atoms with Gasteiger partial charge in [-0.25, -0.2) is 4.39 Å². The van der Waals surface area contributed by atoms with Gasteiger partial charge >= 0.3 is 0 Å². The third kappa shape index (κ3) is 3.47. The van der Waals surface area contributed by atoms with Gasteiger partial charge in [0.15, 0.2) is 12.4 Å². The van der Waals surface area contributed by atoms with Crippen molar-refractivity contribution < 1.29 is 23.5 Å². The summed E-state index contributed by atoms with van der Waals surface area (Å²) in [7, 11) is 0. The molecule has 144 valence electrons. The minimum atomic E-state index is -0.538. The highest BCUT2D eigenvalue weighted by molar-refractivity contribution is 6.02. The Hall–Kier alpha value is -3.22. The highest BCUT2D eigenvalue weighted by Crippen LogP contribution is 2.31. The lowest BCUT2D eigenvalue weighted by Crippen LogP contribution is -2.40. The zero-order chi connectivity index (χ0) is 19.7. The maximum Gasteiger partial charge on any atom is 0.262 e. The number of anilines is 1. The summed E-state index contributed by atoms with van der Waals surface area (Å²) < 4.78 is 19.2. The van der Waals surface area contributed by atoms with Crippen molar-refractivity contribution in [2.24, 2.45) is 5.92 Å². The summed E-state index contributed by atoms with van der Waals surface area (Å²) in [6.07, 6.45) is 1.03. The molecule has 2 amide bonds. The fourth-order valence-electron chi connectivity index (χ4n) is 3.62. The number of nitrogens with zero attached hydrogens (tertiary/aromatic N) is 1. The van der Waals surface area contributed by atoms with E-state index in [1.165, 1.54) is 12.1 Å². The van der Waals surface area contributed by atoms with Crippen molar-refractivity contribution in [3.05, 3.63) is 59.4 Å². The first-order valence-corrected chi connectivity index (χ1v) is 9.17. The number of amides is 2. The summed E-state index contributed by atoms with van der Waals surface area (Å²) in [6, 6.07) is 10.9. The number of piperidine rings is 1. The number of likely N-dealkylation sites (tertiary alicyclic amines) is 1. The Kier molecular flexibility index (Phi) is 4.81. The first-order chi connectivity index (χ1) is 13.5. The van der Waals surface area contributed by atoms with E-state index in [0.717, 1.165) is 0 Å². The number of hydrogen-bond acceptors (Lipinski definition) is 4. The molecule has 2 aliphatic heterocycles. The van der Waals surface area contributed by atoms with Crippen molar-refractivity contribution in [1.29, 1.82) is 0 Å². The quantitative estimate of drug-likeness (QED) is 0.829. The number of Topliss-reactive ketones (excluding diaryl/α,β-unsaturated/α-hetero) is 1. The van der Waals surface area contributed by atoms with Crippen molar-refractivity contribution in [2.75, 3.05) is 25.0 Å². The zero-order valence-electron chi connectivity index (χ0n) is 15.1. The molecule has 0 atom stereocenters. The number of nitrogens with one attached hydrogen (secondary N) is 1. The Morgan fingerprint density at radius 3 is 2.61 bits per heavy atom. The molecule has 2 aliphatic rings. The van der Waals surface area contributed by atoms with Crippen LogP contribution in [0.5, 0.6) is 5.75 Å². The number of ketones is 1. The van der Waals surface area contributed by atoms with Gasteiger partial charge in [0.25, 0.3) is 11.8 Å². The van der Waals surface area contributed by atoms with E-state index in [1.807, 2.05) is 0 Å². The molecule has 1 saturated heterocycles. The maximum atomic E-state index is 13.8. The number of carbonyl (C=O) groups excluding carboxylic acids is 3. The second kappa shape index (κ2) is 7.42. The number of benzene rings is 2. The lowest BCUT2D eigenvalue weighted by atomic mass is 9.88. The lowest BCUT2D eigenvalue weighted by molar-refractivity contribution is -0.118. The van der Waals surface area contributed by atoms with Crippen LogP contribution in [0.2, 0.25) is 0 Å². The molecule has 0 bridgehead atoms. The van der Waals surface area contributed by atoms with Gasteiger partial charge in [-0.1, -0.05) is 12.1 Å². The molecule has 7 heteroatoms. The van der Waals surface area contributed by atoms with Crippen LogP contribution in [0.15, 0.2) is 42.5 Å². The average molecular weight is 382 g/mol. The standard InChI is InChI=1S/C21H19FN2O4/c22-16-4-2-1-3-15(16)21(27)24-9-7-13(8-10-24)20(26)14-5-6-18-17(11-14)23-19(25)12-28-18/h1-6,11,13H,7-10,12H2,(H,23,25). The van der Waals surface area contributed by atoms with E-state index in [1.54, 1.807) is 35.2 Å². The first-order valence-electron chi connectivity index (χ1n) is 9.17. The molecular weight excluding hydrogens is 363 g/mol. The summed E-state index contributed by atoms with van der Waals surface area (Å²) >= 11 is 0. The van der Waals surface area contributed by atoms with Crippen LogP contribution in [0, 0.1) is 11.7 Å². The van der Waals surface area contributed by atoms with Crippen LogP contribution >= 0.6 is 0 Å². The molecule has 2 heterocycles. The number of ether oxygens (including phenoxy) is 1. The molecule has 0 aromatic heterocycles. The highest BCUT2D eigenvalue weighted by atomic mass is 19.1. The van der Waals surface area contributed by atoms with E-state index >= 15 is 0 Å². The SMILES string of the molecule is O=C1COc2ccc(C(=O)C3CCN(C(=O)c4ccccc4F)CC3)cc2N1. The smallest absolute Gasteiger partial charge is 0.262 e. The third-order valence-electron chi connectivity index (χ3n) is 5.15. The van der Waals surface area contributed by atoms with Gasteiger partial charge in [0.2, 0.25) is 0 Å². The van der Waals surface area contributed by atoms with Crippen LogP contribution in [0.3, 0.4) is 0 Å². The van der Waals surface area contributed by atoms with E-state index in [-0.39, 0.29) is 35.7 Å². The van der Waals surface area contributed by atoms with Crippen LogP contribution in [0.25, 0.3) is 0 Å². The van der Waals surface area contributed by atoms with Gasteiger partial charge < -0.3 is 15.0 Å². The number of rotatable bonds is 3. The lowest BCUT2D eigenvalue weighted by Gasteiger charge is -2.31. The highest BCUT2D eigenvalue weighted by Gasteiger charge is 2.30. The molecule has 0 aliphatic carbocycles. The molecule has 6 nitrogen and oxygen atoms in total. The summed E-state index contributed by atoms with van der Waals surface area (Å²) in [5, 5.41) is 2.70. The van der Waals surface area contributed by atoms with E-state index in [4.69, 9.17) is 4.74 Å². The Morgan fingerprint density at radius 2 is 1.86 bits per heavy atom. The normalized spacial score (nSPS) is 16.8. The number of carbonyl (C=O) groups is 3. The predicted molar refractivity (Wildman–Crippen MR) is 99.9 cm³/mol. The Bertz CT molecular complexity index is 951. The Balaban J connectivity index is 1.42. The van der Waals surface area contributed by atoms with Gasteiger partial charge in [0.05, 0.1) is 11.3 Å². The average Bonchev–Trinajstić information content (AvgIpc) is 2.72. The van der Waals surface area contributed by atoms with Crippen molar-refractivity contribution >= 4 is 23.3 Å².